The van der Waals surface area contributed by atoms with Crippen LogP contribution in [0.3, 0.4) is 0 Å². The van der Waals surface area contributed by atoms with Crippen molar-refractivity contribution in [3.63, 3.8) is 0 Å². The minimum Gasteiger partial charge on any atom is -0.352 e. The first-order chi connectivity index (χ1) is 9.86. The van der Waals surface area contributed by atoms with Crippen molar-refractivity contribution >= 4 is 28.2 Å². The van der Waals surface area contributed by atoms with Crippen molar-refractivity contribution in [2.75, 3.05) is 6.26 Å². The highest BCUT2D eigenvalue weighted by Gasteiger charge is 2.24. The molecule has 0 spiro atoms. The zero-order valence-corrected chi connectivity index (χ0v) is 14.3. The number of carbonyl (C=O) groups excluding carboxylic acids is 1. The third-order valence-corrected chi connectivity index (χ3v) is 5.03. The van der Waals surface area contributed by atoms with Crippen LogP contribution in [0.15, 0.2) is 29.2 Å². The van der Waals surface area contributed by atoms with Gasteiger partial charge in [-0.05, 0) is 37.0 Å². The summed E-state index contributed by atoms with van der Waals surface area (Å²) < 4.78 is 22.7. The summed E-state index contributed by atoms with van der Waals surface area (Å²) in [5, 5.41) is 2.90. The maximum atomic E-state index is 12.1. The summed E-state index contributed by atoms with van der Waals surface area (Å²) in [5.41, 5.74) is 6.78. The average molecular weight is 347 g/mol. The summed E-state index contributed by atoms with van der Waals surface area (Å²) in [4.78, 5) is 12.4. The monoisotopic (exact) mass is 346 g/mol. The van der Waals surface area contributed by atoms with Crippen molar-refractivity contribution in [3.8, 4) is 0 Å². The van der Waals surface area contributed by atoms with E-state index in [0.29, 0.717) is 6.54 Å². The van der Waals surface area contributed by atoms with Gasteiger partial charge < -0.3 is 11.1 Å². The SMILES string of the molecule is CS(=O)(=O)c1ccc(CNC(=O)C2CCCC(N)C2)cc1.Cl. The smallest absolute Gasteiger partial charge is 0.223 e. The van der Waals surface area contributed by atoms with Gasteiger partial charge in [-0.15, -0.1) is 12.4 Å². The quantitative estimate of drug-likeness (QED) is 0.867. The molecule has 1 aliphatic rings. The highest BCUT2D eigenvalue weighted by molar-refractivity contribution is 7.90. The first-order valence-corrected chi connectivity index (χ1v) is 9.07. The Morgan fingerprint density at radius 2 is 1.91 bits per heavy atom. The van der Waals surface area contributed by atoms with E-state index in [9.17, 15) is 13.2 Å². The molecular formula is C15H23ClN2O3S. The van der Waals surface area contributed by atoms with Crippen molar-refractivity contribution in [3.05, 3.63) is 29.8 Å². The fourth-order valence-electron chi connectivity index (χ4n) is 2.65. The number of carbonyl (C=O) groups is 1. The minimum atomic E-state index is -3.18. The number of benzene rings is 1. The molecule has 22 heavy (non-hydrogen) atoms. The number of nitrogens with two attached hydrogens (primary N) is 1. The molecular weight excluding hydrogens is 324 g/mol. The van der Waals surface area contributed by atoms with E-state index in [1.165, 1.54) is 6.26 Å². The van der Waals surface area contributed by atoms with Crippen LogP contribution in [0.4, 0.5) is 0 Å². The van der Waals surface area contributed by atoms with E-state index < -0.39 is 9.84 Å². The summed E-state index contributed by atoms with van der Waals surface area (Å²) >= 11 is 0. The lowest BCUT2D eigenvalue weighted by Crippen LogP contribution is -2.37. The van der Waals surface area contributed by atoms with Crippen LogP contribution in [-0.4, -0.2) is 26.6 Å². The summed E-state index contributed by atoms with van der Waals surface area (Å²) in [5.74, 6) is 0.0429. The van der Waals surface area contributed by atoms with Crippen LogP contribution in [-0.2, 0) is 21.2 Å². The molecule has 1 amide bonds. The highest BCUT2D eigenvalue weighted by Crippen LogP contribution is 2.23. The zero-order chi connectivity index (χ0) is 15.5. The molecule has 0 aliphatic heterocycles. The Morgan fingerprint density at radius 3 is 2.45 bits per heavy atom. The molecule has 1 aromatic carbocycles. The molecule has 2 unspecified atom stereocenters. The fourth-order valence-corrected chi connectivity index (χ4v) is 3.28. The van der Waals surface area contributed by atoms with Gasteiger partial charge in [0.15, 0.2) is 9.84 Å². The molecule has 5 nitrogen and oxygen atoms in total. The van der Waals surface area contributed by atoms with E-state index in [0.717, 1.165) is 31.2 Å². The van der Waals surface area contributed by atoms with Gasteiger partial charge in [-0.3, -0.25) is 4.79 Å². The van der Waals surface area contributed by atoms with E-state index >= 15 is 0 Å². The van der Waals surface area contributed by atoms with Crippen molar-refractivity contribution < 1.29 is 13.2 Å². The van der Waals surface area contributed by atoms with Crippen molar-refractivity contribution in [2.24, 2.45) is 11.7 Å². The number of sulfone groups is 1. The second-order valence-corrected chi connectivity index (χ2v) is 7.77. The number of nitrogens with one attached hydrogen (secondary N) is 1. The molecule has 1 aliphatic carbocycles. The minimum absolute atomic E-state index is 0. The van der Waals surface area contributed by atoms with Gasteiger partial charge in [-0.2, -0.15) is 0 Å². The third-order valence-electron chi connectivity index (χ3n) is 3.90. The van der Waals surface area contributed by atoms with Gasteiger partial charge in [0.25, 0.3) is 0 Å². The lowest BCUT2D eigenvalue weighted by molar-refractivity contribution is -0.126. The Hall–Kier alpha value is -1.11. The second-order valence-electron chi connectivity index (χ2n) is 5.76. The molecule has 1 saturated carbocycles. The molecule has 0 aromatic heterocycles. The van der Waals surface area contributed by atoms with Crippen LogP contribution in [0.1, 0.15) is 31.2 Å². The largest absolute Gasteiger partial charge is 0.352 e. The van der Waals surface area contributed by atoms with Crippen LogP contribution in [0.2, 0.25) is 0 Å². The Balaban J connectivity index is 0.00000242. The molecule has 0 saturated heterocycles. The zero-order valence-electron chi connectivity index (χ0n) is 12.6. The standard InChI is InChI=1S/C15H22N2O3S.ClH/c1-21(19,20)14-7-5-11(6-8-14)10-17-15(18)12-3-2-4-13(16)9-12;/h5-8,12-13H,2-4,9-10,16H2,1H3,(H,17,18);1H. The number of hydrogen-bond donors (Lipinski definition) is 2. The maximum Gasteiger partial charge on any atom is 0.223 e. The number of amides is 1. The second kappa shape index (κ2) is 7.94. The van der Waals surface area contributed by atoms with E-state index in [2.05, 4.69) is 5.32 Å². The summed E-state index contributed by atoms with van der Waals surface area (Å²) in [6.45, 7) is 0.411. The van der Waals surface area contributed by atoms with Crippen LogP contribution < -0.4 is 11.1 Å². The normalized spacial score (nSPS) is 21.7. The molecule has 2 rings (SSSR count). The lowest BCUT2D eigenvalue weighted by Gasteiger charge is -2.25. The van der Waals surface area contributed by atoms with E-state index in [1.807, 2.05) is 0 Å². The lowest BCUT2D eigenvalue weighted by atomic mass is 9.85. The first kappa shape index (κ1) is 18.9. The number of halogens is 1. The van der Waals surface area contributed by atoms with Gasteiger partial charge >= 0.3 is 0 Å². The molecule has 124 valence electrons. The van der Waals surface area contributed by atoms with Crippen molar-refractivity contribution in [1.82, 2.24) is 5.32 Å². The van der Waals surface area contributed by atoms with Gasteiger partial charge in [-0.25, -0.2) is 8.42 Å². The highest BCUT2D eigenvalue weighted by atomic mass is 35.5. The van der Waals surface area contributed by atoms with E-state index in [-0.39, 0.29) is 35.2 Å². The number of rotatable bonds is 4. The Kier molecular flexibility index (Phi) is 6.84. The maximum absolute atomic E-state index is 12.1. The average Bonchev–Trinajstić information content (AvgIpc) is 2.44. The van der Waals surface area contributed by atoms with Gasteiger partial charge in [0, 0.05) is 24.8 Å². The van der Waals surface area contributed by atoms with E-state index in [1.54, 1.807) is 24.3 Å². The van der Waals surface area contributed by atoms with Crippen LogP contribution in [0.5, 0.6) is 0 Å². The van der Waals surface area contributed by atoms with Gasteiger partial charge in [0.1, 0.15) is 0 Å². The predicted molar refractivity (Wildman–Crippen MR) is 88.6 cm³/mol. The predicted octanol–water partition coefficient (Wildman–Crippen LogP) is 1.65. The van der Waals surface area contributed by atoms with Gasteiger partial charge in [0.05, 0.1) is 4.90 Å². The van der Waals surface area contributed by atoms with Crippen LogP contribution >= 0.6 is 12.4 Å². The molecule has 0 radical (unpaired) electrons. The topological polar surface area (TPSA) is 89.3 Å². The Morgan fingerprint density at radius 1 is 1.27 bits per heavy atom. The fraction of sp³-hybridized carbons (Fsp3) is 0.533. The van der Waals surface area contributed by atoms with Gasteiger partial charge in [-0.1, -0.05) is 18.6 Å². The molecule has 3 N–H and O–H groups in total. The molecule has 0 bridgehead atoms. The van der Waals surface area contributed by atoms with Crippen LogP contribution in [0, 0.1) is 5.92 Å². The molecule has 0 heterocycles. The summed E-state index contributed by atoms with van der Waals surface area (Å²) in [6.07, 6.45) is 4.82. The first-order valence-electron chi connectivity index (χ1n) is 7.18. The van der Waals surface area contributed by atoms with Crippen molar-refractivity contribution in [2.45, 2.75) is 43.2 Å². The molecule has 1 aromatic rings. The Labute approximate surface area is 138 Å². The summed E-state index contributed by atoms with van der Waals surface area (Å²) in [6, 6.07) is 6.70. The Bertz CT molecular complexity index is 602. The molecule has 2 atom stereocenters. The molecule has 7 heteroatoms. The molecule has 1 fully saturated rings. The van der Waals surface area contributed by atoms with E-state index in [4.69, 9.17) is 5.73 Å². The summed E-state index contributed by atoms with van der Waals surface area (Å²) in [7, 11) is -3.18. The third kappa shape index (κ3) is 5.26. The van der Waals surface area contributed by atoms with Crippen LogP contribution in [0.25, 0.3) is 0 Å². The van der Waals surface area contributed by atoms with Gasteiger partial charge in [0.2, 0.25) is 5.91 Å². The van der Waals surface area contributed by atoms with Crippen molar-refractivity contribution in [1.29, 1.82) is 0 Å². The number of hydrogen-bond acceptors (Lipinski definition) is 4.